The Morgan fingerprint density at radius 2 is 1.74 bits per heavy atom. The Kier molecular flexibility index (Phi) is 7.82. The van der Waals surface area contributed by atoms with Gasteiger partial charge in [0.2, 0.25) is 0 Å². The molecule has 5 nitrogen and oxygen atoms in total. The molecular formula is C20H19Cl2NO4. The van der Waals surface area contributed by atoms with Crippen molar-refractivity contribution < 1.29 is 19.1 Å². The lowest BCUT2D eigenvalue weighted by molar-refractivity contribution is -0.143. The van der Waals surface area contributed by atoms with Crippen molar-refractivity contribution in [3.05, 3.63) is 69.7 Å². The zero-order valence-electron chi connectivity index (χ0n) is 14.9. The minimum Gasteiger partial charge on any atom is -0.465 e. The number of hydrogen-bond donors (Lipinski definition) is 0. The molecule has 0 bridgehead atoms. The highest BCUT2D eigenvalue weighted by molar-refractivity contribution is 6.42. The number of carbonyl (C=O) groups is 2. The standard InChI is InChI=1S/C20H19Cl2NO4/c1-3-26-19(24)18(15-7-5-4-6-8-15)13(2)23-20(25)27-12-14-9-10-16(21)17(22)11-14/h4-11,18H,3,12H2,1-2H3. The second-order valence-electron chi connectivity index (χ2n) is 5.65. The first kappa shape index (κ1) is 20.9. The summed E-state index contributed by atoms with van der Waals surface area (Å²) < 4.78 is 10.3. The van der Waals surface area contributed by atoms with Gasteiger partial charge in [0, 0.05) is 5.71 Å². The molecule has 142 valence electrons. The average Bonchev–Trinajstić information content (AvgIpc) is 2.64. The Labute approximate surface area is 167 Å². The normalized spacial score (nSPS) is 12.4. The van der Waals surface area contributed by atoms with Gasteiger partial charge in [0.25, 0.3) is 0 Å². The summed E-state index contributed by atoms with van der Waals surface area (Å²) in [5.41, 5.74) is 1.66. The van der Waals surface area contributed by atoms with Crippen molar-refractivity contribution in [3.8, 4) is 0 Å². The molecule has 1 unspecified atom stereocenters. The maximum Gasteiger partial charge on any atom is 0.433 e. The fourth-order valence-electron chi connectivity index (χ4n) is 2.43. The van der Waals surface area contributed by atoms with E-state index in [1.807, 2.05) is 6.07 Å². The van der Waals surface area contributed by atoms with Crippen molar-refractivity contribution in [1.29, 1.82) is 0 Å². The van der Waals surface area contributed by atoms with Crippen LogP contribution in [0.1, 0.15) is 30.9 Å². The molecule has 7 heteroatoms. The molecule has 1 atom stereocenters. The van der Waals surface area contributed by atoms with Crippen LogP contribution in [-0.4, -0.2) is 24.4 Å². The van der Waals surface area contributed by atoms with Gasteiger partial charge in [-0.3, -0.25) is 4.79 Å². The number of esters is 1. The molecule has 0 aliphatic rings. The zero-order valence-corrected chi connectivity index (χ0v) is 16.5. The molecule has 2 aromatic carbocycles. The lowest BCUT2D eigenvalue weighted by Gasteiger charge is -2.15. The van der Waals surface area contributed by atoms with E-state index in [1.165, 1.54) is 0 Å². The van der Waals surface area contributed by atoms with E-state index in [2.05, 4.69) is 4.99 Å². The first-order valence-corrected chi connectivity index (χ1v) is 9.05. The topological polar surface area (TPSA) is 65.0 Å². The summed E-state index contributed by atoms with van der Waals surface area (Å²) in [6.45, 7) is 3.53. The maximum atomic E-state index is 12.3. The van der Waals surface area contributed by atoms with Gasteiger partial charge in [-0.05, 0) is 37.1 Å². The predicted molar refractivity (Wildman–Crippen MR) is 106 cm³/mol. The van der Waals surface area contributed by atoms with Gasteiger partial charge in [0.05, 0.1) is 16.7 Å². The number of aliphatic imine (C=N–C) groups is 1. The van der Waals surface area contributed by atoms with Crippen LogP contribution in [0.25, 0.3) is 0 Å². The van der Waals surface area contributed by atoms with E-state index in [9.17, 15) is 9.59 Å². The van der Waals surface area contributed by atoms with Gasteiger partial charge in [0.1, 0.15) is 12.5 Å². The van der Waals surface area contributed by atoms with Crippen LogP contribution in [0.3, 0.4) is 0 Å². The van der Waals surface area contributed by atoms with Crippen molar-refractivity contribution >= 4 is 41.0 Å². The number of amides is 1. The highest BCUT2D eigenvalue weighted by Crippen LogP contribution is 2.23. The number of rotatable bonds is 6. The molecule has 2 rings (SSSR count). The van der Waals surface area contributed by atoms with Crippen LogP contribution >= 0.6 is 23.2 Å². The van der Waals surface area contributed by atoms with E-state index in [0.717, 1.165) is 0 Å². The molecule has 0 heterocycles. The molecule has 0 aliphatic carbocycles. The molecule has 0 fully saturated rings. The van der Waals surface area contributed by atoms with E-state index in [-0.39, 0.29) is 13.2 Å². The number of benzene rings is 2. The first-order chi connectivity index (χ1) is 12.9. The Morgan fingerprint density at radius 1 is 1.04 bits per heavy atom. The Balaban J connectivity index is 2.12. The lowest BCUT2D eigenvalue weighted by atomic mass is 9.95. The van der Waals surface area contributed by atoms with Gasteiger partial charge in [-0.25, -0.2) is 4.79 Å². The van der Waals surface area contributed by atoms with Crippen LogP contribution in [0.4, 0.5) is 4.79 Å². The van der Waals surface area contributed by atoms with Gasteiger partial charge in [-0.1, -0.05) is 59.6 Å². The largest absolute Gasteiger partial charge is 0.465 e. The quantitative estimate of drug-likeness (QED) is 0.472. The predicted octanol–water partition coefficient (Wildman–Crippen LogP) is 5.44. The molecule has 2 aromatic rings. The van der Waals surface area contributed by atoms with Gasteiger partial charge < -0.3 is 9.47 Å². The number of halogens is 2. The van der Waals surface area contributed by atoms with Gasteiger partial charge in [-0.2, -0.15) is 4.99 Å². The second-order valence-corrected chi connectivity index (χ2v) is 6.47. The third-order valence-corrected chi connectivity index (χ3v) is 4.43. The summed E-state index contributed by atoms with van der Waals surface area (Å²) in [5, 5.41) is 0.789. The SMILES string of the molecule is CCOC(=O)C(C(C)=NC(=O)OCc1ccc(Cl)c(Cl)c1)c1ccccc1. The Morgan fingerprint density at radius 3 is 2.37 bits per heavy atom. The molecule has 0 spiro atoms. The lowest BCUT2D eigenvalue weighted by Crippen LogP contribution is -2.23. The molecule has 0 saturated carbocycles. The molecule has 0 radical (unpaired) electrons. The first-order valence-electron chi connectivity index (χ1n) is 8.29. The second kappa shape index (κ2) is 10.1. The van der Waals surface area contributed by atoms with Crippen molar-refractivity contribution in [1.82, 2.24) is 0 Å². The highest BCUT2D eigenvalue weighted by atomic mass is 35.5. The van der Waals surface area contributed by atoms with Crippen molar-refractivity contribution in [2.24, 2.45) is 4.99 Å². The number of carbonyl (C=O) groups excluding carboxylic acids is 2. The smallest absolute Gasteiger partial charge is 0.433 e. The minimum absolute atomic E-state index is 0.0120. The van der Waals surface area contributed by atoms with Crippen molar-refractivity contribution in [3.63, 3.8) is 0 Å². The molecule has 1 amide bonds. The Hall–Kier alpha value is -2.37. The Bertz CT molecular complexity index is 837. The minimum atomic E-state index is -0.802. The van der Waals surface area contributed by atoms with E-state index < -0.39 is 18.0 Å². The molecular weight excluding hydrogens is 389 g/mol. The van der Waals surface area contributed by atoms with E-state index >= 15 is 0 Å². The summed E-state index contributed by atoms with van der Waals surface area (Å²) >= 11 is 11.8. The van der Waals surface area contributed by atoms with Crippen LogP contribution < -0.4 is 0 Å². The molecule has 0 N–H and O–H groups in total. The maximum absolute atomic E-state index is 12.3. The molecule has 27 heavy (non-hydrogen) atoms. The summed E-state index contributed by atoms with van der Waals surface area (Å²) in [6.07, 6.45) is -0.802. The molecule has 0 aliphatic heterocycles. The molecule has 0 aromatic heterocycles. The van der Waals surface area contributed by atoms with Crippen molar-refractivity contribution in [2.75, 3.05) is 6.61 Å². The van der Waals surface area contributed by atoms with Gasteiger partial charge >= 0.3 is 12.1 Å². The van der Waals surface area contributed by atoms with Crippen LogP contribution in [0.2, 0.25) is 10.0 Å². The van der Waals surface area contributed by atoms with Crippen LogP contribution in [-0.2, 0) is 20.9 Å². The fraction of sp³-hybridized carbons (Fsp3) is 0.250. The van der Waals surface area contributed by atoms with Gasteiger partial charge in [0.15, 0.2) is 0 Å². The van der Waals surface area contributed by atoms with Crippen LogP contribution in [0, 0.1) is 0 Å². The molecule has 0 saturated heterocycles. The fourth-order valence-corrected chi connectivity index (χ4v) is 2.75. The number of hydrogen-bond acceptors (Lipinski definition) is 4. The third kappa shape index (κ3) is 6.08. The number of ether oxygens (including phenoxy) is 2. The zero-order chi connectivity index (χ0) is 19.8. The summed E-state index contributed by atoms with van der Waals surface area (Å²) in [7, 11) is 0. The summed E-state index contributed by atoms with van der Waals surface area (Å²) in [4.78, 5) is 28.3. The van der Waals surface area contributed by atoms with E-state index in [1.54, 1.807) is 56.3 Å². The van der Waals surface area contributed by atoms with Crippen molar-refractivity contribution in [2.45, 2.75) is 26.4 Å². The van der Waals surface area contributed by atoms with E-state index in [0.29, 0.717) is 26.9 Å². The van der Waals surface area contributed by atoms with E-state index in [4.69, 9.17) is 32.7 Å². The third-order valence-electron chi connectivity index (χ3n) is 3.69. The van der Waals surface area contributed by atoms with Crippen LogP contribution in [0.5, 0.6) is 0 Å². The summed E-state index contributed by atoms with van der Waals surface area (Å²) in [6, 6.07) is 13.9. The van der Waals surface area contributed by atoms with Gasteiger partial charge in [-0.15, -0.1) is 0 Å². The number of nitrogens with zero attached hydrogens (tertiary/aromatic N) is 1. The monoisotopic (exact) mass is 407 g/mol. The summed E-state index contributed by atoms with van der Waals surface area (Å²) in [5.74, 6) is -1.24. The average molecular weight is 408 g/mol. The highest BCUT2D eigenvalue weighted by Gasteiger charge is 2.26. The van der Waals surface area contributed by atoms with Crippen LogP contribution in [0.15, 0.2) is 53.5 Å².